The van der Waals surface area contributed by atoms with E-state index in [4.69, 9.17) is 0 Å². The van der Waals surface area contributed by atoms with E-state index in [1.807, 2.05) is 29.4 Å². The average molecular weight is 283 g/mol. The number of pyridine rings is 2. The number of anilines is 1. The minimum absolute atomic E-state index is 0.460. The molecular weight excluding hydrogens is 265 g/mol. The Morgan fingerprint density at radius 3 is 2.67 bits per heavy atom. The molecule has 1 saturated carbocycles. The zero-order chi connectivity index (χ0) is 14.2. The van der Waals surface area contributed by atoms with Crippen molar-refractivity contribution < 1.29 is 4.39 Å². The zero-order valence-corrected chi connectivity index (χ0v) is 11.9. The first kappa shape index (κ1) is 12.7. The maximum atomic E-state index is 13.3. The molecule has 108 valence electrons. The fourth-order valence-electron chi connectivity index (χ4n) is 2.93. The lowest BCUT2D eigenvalue weighted by atomic mass is 10.1. The van der Waals surface area contributed by atoms with E-state index in [-0.39, 0.29) is 0 Å². The van der Waals surface area contributed by atoms with E-state index in [2.05, 4.69) is 22.1 Å². The number of rotatable bonds is 3. The van der Waals surface area contributed by atoms with Gasteiger partial charge in [0.2, 0.25) is 0 Å². The first-order valence-electron chi connectivity index (χ1n) is 7.61. The summed E-state index contributed by atoms with van der Waals surface area (Å²) in [6, 6.07) is 8.28. The third kappa shape index (κ3) is 2.62. The van der Waals surface area contributed by atoms with Crippen LogP contribution >= 0.6 is 0 Å². The topological polar surface area (TPSA) is 29.0 Å². The molecule has 3 nitrogen and oxygen atoms in total. The van der Waals surface area contributed by atoms with E-state index in [1.165, 1.54) is 18.4 Å². The normalized spacial score (nSPS) is 21.8. The van der Waals surface area contributed by atoms with E-state index < -0.39 is 6.17 Å². The van der Waals surface area contributed by atoms with Crippen molar-refractivity contribution >= 4 is 5.82 Å². The van der Waals surface area contributed by atoms with E-state index in [0.29, 0.717) is 13.0 Å². The van der Waals surface area contributed by atoms with Crippen molar-refractivity contribution in [3.05, 3.63) is 42.2 Å². The largest absolute Gasteiger partial charge is 0.354 e. The predicted octanol–water partition coefficient (Wildman–Crippen LogP) is 3.57. The Labute approximate surface area is 123 Å². The molecule has 0 spiro atoms. The lowest BCUT2D eigenvalue weighted by Crippen LogP contribution is -2.20. The molecule has 1 saturated heterocycles. The van der Waals surface area contributed by atoms with E-state index in [1.54, 1.807) is 0 Å². The molecule has 1 aliphatic heterocycles. The summed E-state index contributed by atoms with van der Waals surface area (Å²) in [7, 11) is 0. The Hall–Kier alpha value is -1.97. The molecule has 1 aliphatic carbocycles. The average Bonchev–Trinajstić information content (AvgIpc) is 3.29. The molecule has 2 aliphatic rings. The quantitative estimate of drug-likeness (QED) is 0.862. The second kappa shape index (κ2) is 5.10. The van der Waals surface area contributed by atoms with Crippen LogP contribution in [0.4, 0.5) is 10.2 Å². The minimum Gasteiger partial charge on any atom is -0.354 e. The fraction of sp³-hybridized carbons (Fsp3) is 0.412. The van der Waals surface area contributed by atoms with Gasteiger partial charge < -0.3 is 4.90 Å². The van der Waals surface area contributed by atoms with Crippen LogP contribution < -0.4 is 4.90 Å². The smallest absolute Gasteiger partial charge is 0.128 e. The number of halogens is 1. The zero-order valence-electron chi connectivity index (χ0n) is 11.9. The van der Waals surface area contributed by atoms with Crippen LogP contribution in [0, 0.1) is 0 Å². The third-order valence-corrected chi connectivity index (χ3v) is 4.33. The molecule has 0 aromatic carbocycles. The van der Waals surface area contributed by atoms with Crippen LogP contribution in [0.15, 0.2) is 36.7 Å². The SMILES string of the molecule is F[C@@H]1CCN(c2ccc(-c3cc(C4CC4)ccn3)cn2)C1. The summed E-state index contributed by atoms with van der Waals surface area (Å²) in [5.41, 5.74) is 3.38. The monoisotopic (exact) mass is 283 g/mol. The van der Waals surface area contributed by atoms with Gasteiger partial charge in [-0.15, -0.1) is 0 Å². The summed E-state index contributed by atoms with van der Waals surface area (Å²) >= 11 is 0. The molecule has 0 bridgehead atoms. The summed E-state index contributed by atoms with van der Waals surface area (Å²) in [6.45, 7) is 1.21. The van der Waals surface area contributed by atoms with Crippen LogP contribution in [0.3, 0.4) is 0 Å². The second-order valence-electron chi connectivity index (χ2n) is 5.99. The van der Waals surface area contributed by atoms with Gasteiger partial charge in [-0.3, -0.25) is 4.98 Å². The summed E-state index contributed by atoms with van der Waals surface area (Å²) in [6.07, 6.45) is 6.20. The lowest BCUT2D eigenvalue weighted by molar-refractivity contribution is 0.364. The predicted molar refractivity (Wildman–Crippen MR) is 81.2 cm³/mol. The molecule has 2 aromatic rings. The van der Waals surface area contributed by atoms with Crippen LogP contribution in [0.25, 0.3) is 11.3 Å². The van der Waals surface area contributed by atoms with Gasteiger partial charge in [-0.05, 0) is 55.0 Å². The molecular formula is C17H18FN3. The Kier molecular flexibility index (Phi) is 3.09. The van der Waals surface area contributed by atoms with Crippen LogP contribution in [0.5, 0.6) is 0 Å². The van der Waals surface area contributed by atoms with Crippen LogP contribution in [-0.4, -0.2) is 29.2 Å². The Morgan fingerprint density at radius 1 is 1.10 bits per heavy atom. The van der Waals surface area contributed by atoms with E-state index >= 15 is 0 Å². The molecule has 3 heterocycles. The van der Waals surface area contributed by atoms with Gasteiger partial charge >= 0.3 is 0 Å². The van der Waals surface area contributed by atoms with Gasteiger partial charge in [0.05, 0.1) is 12.2 Å². The van der Waals surface area contributed by atoms with Crippen molar-refractivity contribution in [2.45, 2.75) is 31.4 Å². The van der Waals surface area contributed by atoms with E-state index in [9.17, 15) is 4.39 Å². The summed E-state index contributed by atoms with van der Waals surface area (Å²) < 4.78 is 13.3. The van der Waals surface area contributed by atoms with Crippen molar-refractivity contribution in [3.63, 3.8) is 0 Å². The number of aromatic nitrogens is 2. The summed E-state index contributed by atoms with van der Waals surface area (Å²) in [5.74, 6) is 1.59. The van der Waals surface area contributed by atoms with Gasteiger partial charge in [-0.2, -0.15) is 0 Å². The first-order valence-corrected chi connectivity index (χ1v) is 7.61. The van der Waals surface area contributed by atoms with Gasteiger partial charge in [-0.1, -0.05) is 0 Å². The molecule has 21 heavy (non-hydrogen) atoms. The summed E-state index contributed by atoms with van der Waals surface area (Å²) in [4.78, 5) is 10.9. The molecule has 2 aromatic heterocycles. The molecule has 0 N–H and O–H groups in total. The van der Waals surface area contributed by atoms with Gasteiger partial charge in [0.1, 0.15) is 12.0 Å². The maximum absolute atomic E-state index is 13.3. The van der Waals surface area contributed by atoms with Crippen molar-refractivity contribution in [2.75, 3.05) is 18.0 Å². The van der Waals surface area contributed by atoms with E-state index in [0.717, 1.165) is 29.5 Å². The highest BCUT2D eigenvalue weighted by Gasteiger charge is 2.24. The number of alkyl halides is 1. The van der Waals surface area contributed by atoms with Crippen LogP contribution in [0.1, 0.15) is 30.7 Å². The van der Waals surface area contributed by atoms with Gasteiger partial charge in [0.25, 0.3) is 0 Å². The van der Waals surface area contributed by atoms with Crippen molar-refractivity contribution in [1.82, 2.24) is 9.97 Å². The highest BCUT2D eigenvalue weighted by molar-refractivity contribution is 5.61. The Morgan fingerprint density at radius 2 is 2.00 bits per heavy atom. The Balaban J connectivity index is 1.57. The first-order chi connectivity index (χ1) is 10.3. The molecule has 4 rings (SSSR count). The molecule has 0 unspecified atom stereocenters. The standard InChI is InChI=1S/C17H18FN3/c18-15-6-8-21(11-15)17-4-3-14(10-20-17)16-9-13(5-7-19-16)12-1-2-12/h3-5,7,9-10,12,15H,1-2,6,8,11H2/t15-/m1/s1. The lowest BCUT2D eigenvalue weighted by Gasteiger charge is -2.16. The van der Waals surface area contributed by atoms with Crippen molar-refractivity contribution in [1.29, 1.82) is 0 Å². The highest BCUT2D eigenvalue weighted by Crippen LogP contribution is 2.40. The van der Waals surface area contributed by atoms with Crippen molar-refractivity contribution in [3.8, 4) is 11.3 Å². The van der Waals surface area contributed by atoms with Gasteiger partial charge in [-0.25, -0.2) is 9.37 Å². The minimum atomic E-state index is -0.719. The number of nitrogens with zero attached hydrogens (tertiary/aromatic N) is 3. The molecule has 0 radical (unpaired) electrons. The second-order valence-corrected chi connectivity index (χ2v) is 5.99. The maximum Gasteiger partial charge on any atom is 0.128 e. The Bertz CT molecular complexity index is 637. The molecule has 1 atom stereocenters. The highest BCUT2D eigenvalue weighted by atomic mass is 19.1. The van der Waals surface area contributed by atoms with Crippen LogP contribution in [-0.2, 0) is 0 Å². The number of hydrogen-bond acceptors (Lipinski definition) is 3. The summed E-state index contributed by atoms with van der Waals surface area (Å²) in [5, 5.41) is 0. The number of hydrogen-bond donors (Lipinski definition) is 0. The molecule has 2 fully saturated rings. The van der Waals surface area contributed by atoms with Gasteiger partial charge in [0.15, 0.2) is 0 Å². The van der Waals surface area contributed by atoms with Crippen LogP contribution in [0.2, 0.25) is 0 Å². The third-order valence-electron chi connectivity index (χ3n) is 4.33. The fourth-order valence-corrected chi connectivity index (χ4v) is 2.93. The molecule has 4 heteroatoms. The molecule has 0 amide bonds. The van der Waals surface area contributed by atoms with Gasteiger partial charge in [0, 0.05) is 24.5 Å². The van der Waals surface area contributed by atoms with Crippen molar-refractivity contribution in [2.24, 2.45) is 0 Å².